The third-order valence-corrected chi connectivity index (χ3v) is 0.358. The molecule has 0 aromatic heterocycles. The van der Waals surface area contributed by atoms with Gasteiger partial charge in [0.15, 0.2) is 0 Å². The number of rotatable bonds is 1. The van der Waals surface area contributed by atoms with E-state index in [9.17, 15) is 14.1 Å². The van der Waals surface area contributed by atoms with E-state index in [4.69, 9.17) is 0 Å². The van der Waals surface area contributed by atoms with E-state index < -0.39 is 11.8 Å². The molecule has 0 fully saturated rings. The zero-order chi connectivity index (χ0) is 5.86. The number of hydrogen-bond acceptors (Lipinski definition) is 3. The number of halogens is 1. The quantitative estimate of drug-likeness (QED) is 0.336. The van der Waals surface area contributed by atoms with Crippen LogP contribution in [0, 0.1) is 0 Å². The Morgan fingerprint density at radius 2 is 1.88 bits per heavy atom. The van der Waals surface area contributed by atoms with Gasteiger partial charge in [-0.2, -0.15) is 0 Å². The summed E-state index contributed by atoms with van der Waals surface area (Å²) >= 11 is 0. The molecule has 0 aliphatic carbocycles. The van der Waals surface area contributed by atoms with E-state index >= 15 is 0 Å². The van der Waals surface area contributed by atoms with Gasteiger partial charge in [0, 0.05) is 11.4 Å². The molecule has 0 rings (SSSR count). The summed E-state index contributed by atoms with van der Waals surface area (Å²) in [5.41, 5.74) is 0. The average molecular weight is 114 g/mol. The van der Waals surface area contributed by atoms with Crippen molar-refractivity contribution in [3.8, 4) is 0 Å². The van der Waals surface area contributed by atoms with E-state index in [1.165, 1.54) is 0 Å². The molecule has 0 aromatic carbocycles. The van der Waals surface area contributed by atoms with Gasteiger partial charge in [0.05, 0.1) is 0 Å². The van der Waals surface area contributed by atoms with E-state index in [2.05, 4.69) is 4.94 Å². The van der Waals surface area contributed by atoms with Crippen molar-refractivity contribution >= 4 is 30.6 Å². The van der Waals surface area contributed by atoms with Gasteiger partial charge in [0.2, 0.25) is 5.78 Å². The number of ketones is 1. The van der Waals surface area contributed by atoms with Crippen LogP contribution in [0.1, 0.15) is 6.92 Å². The summed E-state index contributed by atoms with van der Waals surface area (Å²) in [5.74, 6) is -2.40. The maximum absolute atomic E-state index is 10.6. The Kier molecular flexibility index (Phi) is 6.39. The second-order valence-electron chi connectivity index (χ2n) is 0.921. The SMILES string of the molecule is CC(=O)C(=O)OF.[LiH]. The third kappa shape index (κ3) is 3.84. The van der Waals surface area contributed by atoms with Crippen LogP contribution in [-0.2, 0) is 14.5 Å². The number of Topliss-reactive ketones (excluding diaryl/α,β-unsaturated/α-hetero) is 1. The Morgan fingerprint density at radius 3 is 1.88 bits per heavy atom. The molecule has 0 bridgehead atoms. The van der Waals surface area contributed by atoms with Crippen molar-refractivity contribution in [1.82, 2.24) is 0 Å². The summed E-state index contributed by atoms with van der Waals surface area (Å²) in [4.78, 5) is 21.7. The van der Waals surface area contributed by atoms with Gasteiger partial charge >= 0.3 is 24.8 Å². The minimum absolute atomic E-state index is 0. The Bertz CT molecular complexity index is 103. The van der Waals surface area contributed by atoms with E-state index in [0.717, 1.165) is 6.92 Å². The molecule has 0 aliphatic heterocycles. The minimum atomic E-state index is -1.46. The van der Waals surface area contributed by atoms with Crippen LogP contribution in [0.25, 0.3) is 0 Å². The van der Waals surface area contributed by atoms with Gasteiger partial charge in [0.1, 0.15) is 0 Å². The zero-order valence-electron chi connectivity index (χ0n) is 3.60. The predicted octanol–water partition coefficient (Wildman–Crippen LogP) is -0.645. The molecular formula is C3H4FLiO3. The number of carbonyl (C=O) groups excluding carboxylic acids is 2. The molecule has 0 spiro atoms. The van der Waals surface area contributed by atoms with Crippen molar-refractivity contribution in [2.75, 3.05) is 0 Å². The Hall–Kier alpha value is -0.333. The van der Waals surface area contributed by atoms with E-state index in [0.29, 0.717) is 0 Å². The fourth-order valence-electron chi connectivity index (χ4n) is 0.0543. The van der Waals surface area contributed by atoms with E-state index in [-0.39, 0.29) is 18.9 Å². The van der Waals surface area contributed by atoms with Crippen LogP contribution in [0.2, 0.25) is 0 Å². The van der Waals surface area contributed by atoms with Crippen molar-refractivity contribution in [1.29, 1.82) is 0 Å². The summed E-state index contributed by atoms with van der Waals surface area (Å²) in [6, 6.07) is 0. The monoisotopic (exact) mass is 114 g/mol. The summed E-state index contributed by atoms with van der Waals surface area (Å²) < 4.78 is 10.6. The van der Waals surface area contributed by atoms with Crippen LogP contribution in [-0.4, -0.2) is 30.6 Å². The molecular weight excluding hydrogens is 110 g/mol. The van der Waals surface area contributed by atoms with Crippen LogP contribution >= 0.6 is 0 Å². The van der Waals surface area contributed by atoms with Gasteiger partial charge in [-0.15, -0.1) is 0 Å². The second-order valence-corrected chi connectivity index (χ2v) is 0.921. The van der Waals surface area contributed by atoms with Crippen LogP contribution in [0.3, 0.4) is 0 Å². The average Bonchev–Trinajstić information content (AvgIpc) is 1.65. The molecule has 0 amide bonds. The standard InChI is InChI=1S/C3H3FO3.Li.H/c1-2(5)3(6)7-4;;/h1H3;;. The summed E-state index contributed by atoms with van der Waals surface area (Å²) in [7, 11) is 0. The molecule has 0 heterocycles. The van der Waals surface area contributed by atoms with Gasteiger partial charge in [0.25, 0.3) is 0 Å². The molecule has 0 radical (unpaired) electrons. The first-order valence-electron chi connectivity index (χ1n) is 1.52. The van der Waals surface area contributed by atoms with Gasteiger partial charge in [-0.05, 0) is 0 Å². The van der Waals surface area contributed by atoms with Crippen molar-refractivity contribution in [3.05, 3.63) is 0 Å². The maximum atomic E-state index is 10.6. The van der Waals surface area contributed by atoms with Crippen molar-refractivity contribution in [2.45, 2.75) is 6.92 Å². The summed E-state index contributed by atoms with van der Waals surface area (Å²) in [6.07, 6.45) is 0. The van der Waals surface area contributed by atoms with Gasteiger partial charge < -0.3 is 0 Å². The normalized spacial score (nSPS) is 6.75. The first-order valence-corrected chi connectivity index (χ1v) is 1.52. The molecule has 8 heavy (non-hydrogen) atoms. The fourth-order valence-corrected chi connectivity index (χ4v) is 0.0543. The Labute approximate surface area is 57.3 Å². The Balaban J connectivity index is 0. The Morgan fingerprint density at radius 1 is 1.50 bits per heavy atom. The van der Waals surface area contributed by atoms with Crippen LogP contribution in [0.4, 0.5) is 4.53 Å². The molecule has 0 aromatic rings. The van der Waals surface area contributed by atoms with Gasteiger partial charge in [-0.1, -0.05) is 0 Å². The molecule has 3 nitrogen and oxygen atoms in total. The van der Waals surface area contributed by atoms with Gasteiger partial charge in [-0.3, -0.25) is 4.79 Å². The molecule has 0 N–H and O–H groups in total. The van der Waals surface area contributed by atoms with Crippen LogP contribution in [0.15, 0.2) is 0 Å². The predicted molar refractivity (Wildman–Crippen MR) is 25.0 cm³/mol. The van der Waals surface area contributed by atoms with E-state index in [1.807, 2.05) is 0 Å². The van der Waals surface area contributed by atoms with E-state index in [1.54, 1.807) is 0 Å². The molecule has 5 heteroatoms. The topological polar surface area (TPSA) is 43.4 Å². The van der Waals surface area contributed by atoms with Crippen LogP contribution in [0.5, 0.6) is 0 Å². The number of carbonyl (C=O) groups is 2. The molecule has 42 valence electrons. The first-order chi connectivity index (χ1) is 3.18. The molecule has 0 saturated carbocycles. The molecule has 0 unspecified atom stereocenters. The molecule has 0 saturated heterocycles. The van der Waals surface area contributed by atoms with Crippen molar-refractivity contribution < 1.29 is 19.1 Å². The second kappa shape index (κ2) is 4.82. The summed E-state index contributed by atoms with van der Waals surface area (Å²) in [6.45, 7) is 0.919. The van der Waals surface area contributed by atoms with Gasteiger partial charge in [-0.25, -0.2) is 9.74 Å². The van der Waals surface area contributed by atoms with Crippen LogP contribution < -0.4 is 0 Å². The summed E-state index contributed by atoms with van der Waals surface area (Å²) in [5, 5.41) is 0. The zero-order valence-corrected chi connectivity index (χ0v) is 3.60. The molecule has 0 aliphatic rings. The van der Waals surface area contributed by atoms with Crippen molar-refractivity contribution in [3.63, 3.8) is 0 Å². The third-order valence-electron chi connectivity index (χ3n) is 0.358. The number of hydrogen-bond donors (Lipinski definition) is 0. The first kappa shape index (κ1) is 10.6. The fraction of sp³-hybridized carbons (Fsp3) is 0.333. The van der Waals surface area contributed by atoms with Crippen molar-refractivity contribution in [2.24, 2.45) is 0 Å². The molecule has 0 atom stereocenters.